The summed E-state index contributed by atoms with van der Waals surface area (Å²) in [6.45, 7) is 23.7. The Morgan fingerprint density at radius 1 is 0.747 bits per heavy atom. The Balaban J connectivity index is 1.10. The number of benzene rings is 5. The zero-order chi connectivity index (χ0) is 53.5. The van der Waals surface area contributed by atoms with Gasteiger partial charge in [-0.05, 0) is 108 Å². The smallest absolute Gasteiger partial charge is 0.340 e. The fraction of sp³-hybridized carbons (Fsp3) is 0.435. The molecule has 2 heterocycles. The zero-order valence-corrected chi connectivity index (χ0v) is 46.8. The molecular weight excluding hydrogens is 955 g/mol. The van der Waals surface area contributed by atoms with Gasteiger partial charge in [-0.1, -0.05) is 166 Å². The van der Waals surface area contributed by atoms with E-state index in [-0.39, 0.29) is 28.9 Å². The number of nitrogens with one attached hydrogen (secondary N) is 2. The van der Waals surface area contributed by atoms with Crippen LogP contribution in [0, 0.1) is 6.92 Å². The van der Waals surface area contributed by atoms with Gasteiger partial charge in [0.15, 0.2) is 11.5 Å². The highest BCUT2D eigenvalue weighted by atomic mass is 32.2. The Labute approximate surface area is 446 Å². The summed E-state index contributed by atoms with van der Waals surface area (Å²) in [5, 5.41) is 9.43. The number of nitrogens with zero attached hydrogens (tertiary/aromatic N) is 5. The van der Waals surface area contributed by atoms with E-state index in [4.69, 9.17) is 14.6 Å². The number of unbranched alkanes of at least 4 members (excludes halogenated alkanes) is 6. The van der Waals surface area contributed by atoms with Crippen molar-refractivity contribution in [3.05, 3.63) is 149 Å². The van der Waals surface area contributed by atoms with Gasteiger partial charge in [0.05, 0.1) is 39.8 Å². The molecule has 2 N–H and O–H groups in total. The molecule has 0 fully saturated rings. The predicted molar refractivity (Wildman–Crippen MR) is 306 cm³/mol. The molecule has 12 nitrogen and oxygen atoms in total. The minimum absolute atomic E-state index is 0.00244. The number of hydrogen-bond donors (Lipinski definition) is 2. The highest BCUT2D eigenvalue weighted by Gasteiger charge is 2.35. The van der Waals surface area contributed by atoms with Gasteiger partial charge in [-0.3, -0.25) is 10.1 Å². The van der Waals surface area contributed by atoms with Crippen LogP contribution in [0.15, 0.2) is 120 Å². The lowest BCUT2D eigenvalue weighted by molar-refractivity contribution is -0.00188. The molecular formula is C62H79N7O5S. The molecule has 1 unspecified atom stereocenters. The standard InChI is InChI=1S/C62H79N7O5S/c1-11-15-17-18-19-26-40-73-55(33-16-12-2)62(9,10)44-34-36-45(37-35-44)75(71,72)66-53-32-25-24-31-50(53)59-65-69-56(38-39-63-69)68(59)64-54-41-52(61(6,7)8)58(67(13-3)14-4)57(43(54)5)60(70)74-42-51-48-29-22-20-27-46(48)47-28-21-23-30-49(47)51/h20-25,27-32,34-39,41,51,55,64,66H,11-19,26,33,40,42H2,1-10H3. The predicted octanol–water partition coefficient (Wildman–Crippen LogP) is 14.5. The molecule has 0 aliphatic heterocycles. The molecule has 0 saturated heterocycles. The first-order chi connectivity index (χ1) is 36.0. The van der Waals surface area contributed by atoms with Crippen LogP contribution >= 0.6 is 0 Å². The summed E-state index contributed by atoms with van der Waals surface area (Å²) in [6.07, 6.45) is 12.0. The number of anilines is 3. The lowest BCUT2D eigenvalue weighted by atomic mass is 9.77. The molecule has 0 spiro atoms. The van der Waals surface area contributed by atoms with Crippen LogP contribution in [-0.4, -0.2) is 66.3 Å². The fourth-order valence-electron chi connectivity index (χ4n) is 10.8. The monoisotopic (exact) mass is 1030 g/mol. The van der Waals surface area contributed by atoms with Crippen LogP contribution in [0.4, 0.5) is 17.1 Å². The lowest BCUT2D eigenvalue weighted by Gasteiger charge is -2.35. The second kappa shape index (κ2) is 23.6. The lowest BCUT2D eigenvalue weighted by Crippen LogP contribution is -2.36. The van der Waals surface area contributed by atoms with E-state index in [9.17, 15) is 8.42 Å². The summed E-state index contributed by atoms with van der Waals surface area (Å²) in [7, 11) is -4.08. The summed E-state index contributed by atoms with van der Waals surface area (Å²) < 4.78 is 48.1. The Morgan fingerprint density at radius 3 is 2.00 bits per heavy atom. The van der Waals surface area contributed by atoms with E-state index in [1.807, 2.05) is 49.4 Å². The second-order valence-corrected chi connectivity index (χ2v) is 23.4. The van der Waals surface area contributed by atoms with Gasteiger partial charge in [0.25, 0.3) is 10.0 Å². The molecule has 75 heavy (non-hydrogen) atoms. The van der Waals surface area contributed by atoms with Gasteiger partial charge in [-0.25, -0.2) is 17.9 Å². The van der Waals surface area contributed by atoms with Gasteiger partial charge in [0.2, 0.25) is 0 Å². The first kappa shape index (κ1) is 54.8. The number of hydrogen-bond acceptors (Lipinski definition) is 9. The highest BCUT2D eigenvalue weighted by molar-refractivity contribution is 7.92. The number of ether oxygens (including phenoxy) is 2. The van der Waals surface area contributed by atoms with Crippen LogP contribution in [0.5, 0.6) is 0 Å². The first-order valence-corrected chi connectivity index (χ1v) is 28.8. The van der Waals surface area contributed by atoms with Gasteiger partial charge in [-0.15, -0.1) is 9.73 Å². The topological polar surface area (TPSA) is 132 Å². The number of aromatic nitrogens is 4. The summed E-state index contributed by atoms with van der Waals surface area (Å²) in [6, 6.07) is 35.1. The summed E-state index contributed by atoms with van der Waals surface area (Å²) >= 11 is 0. The van der Waals surface area contributed by atoms with Crippen molar-refractivity contribution >= 4 is 38.7 Å². The molecule has 0 radical (unpaired) electrons. The van der Waals surface area contributed by atoms with Crippen molar-refractivity contribution in [1.29, 1.82) is 0 Å². The van der Waals surface area contributed by atoms with Crippen molar-refractivity contribution in [2.45, 2.75) is 155 Å². The van der Waals surface area contributed by atoms with E-state index >= 15 is 4.79 Å². The molecule has 1 aliphatic rings. The van der Waals surface area contributed by atoms with Crippen molar-refractivity contribution < 1.29 is 22.7 Å². The maximum Gasteiger partial charge on any atom is 0.340 e. The Bertz CT molecular complexity index is 3140. The number of carbonyl (C=O) groups is 1. The van der Waals surface area contributed by atoms with Gasteiger partial charge >= 0.3 is 5.97 Å². The molecule has 0 saturated carbocycles. The Morgan fingerprint density at radius 2 is 1.36 bits per heavy atom. The van der Waals surface area contributed by atoms with Crippen molar-refractivity contribution in [3.63, 3.8) is 0 Å². The van der Waals surface area contributed by atoms with E-state index < -0.39 is 21.4 Å². The van der Waals surface area contributed by atoms with E-state index in [0.29, 0.717) is 52.6 Å². The van der Waals surface area contributed by atoms with Crippen molar-refractivity contribution in [1.82, 2.24) is 19.5 Å². The van der Waals surface area contributed by atoms with E-state index in [1.54, 1.807) is 35.1 Å². The van der Waals surface area contributed by atoms with Crippen LogP contribution in [0.3, 0.4) is 0 Å². The summed E-state index contributed by atoms with van der Waals surface area (Å²) in [5.41, 5.74) is 13.7. The second-order valence-electron chi connectivity index (χ2n) is 21.7. The fourth-order valence-corrected chi connectivity index (χ4v) is 11.9. The normalized spacial score (nSPS) is 13.2. The number of carbonyl (C=O) groups excluding carboxylic acids is 1. The van der Waals surface area contributed by atoms with Crippen LogP contribution in [0.1, 0.15) is 164 Å². The third-order valence-electron chi connectivity index (χ3n) is 15.2. The average molecular weight is 1030 g/mol. The first-order valence-electron chi connectivity index (χ1n) is 27.4. The number of para-hydroxylation sites is 1. The molecule has 0 bridgehead atoms. The van der Waals surface area contributed by atoms with E-state index in [1.165, 1.54) is 36.7 Å². The molecule has 13 heteroatoms. The minimum Gasteiger partial charge on any atom is -0.461 e. The molecule has 398 valence electrons. The minimum atomic E-state index is -4.08. The number of fused-ring (bicyclic) bond motifs is 4. The van der Waals surface area contributed by atoms with Gasteiger partial charge in [0, 0.05) is 42.7 Å². The molecule has 8 rings (SSSR count). The van der Waals surface area contributed by atoms with Crippen molar-refractivity contribution in [2.75, 3.05) is 41.4 Å². The van der Waals surface area contributed by atoms with Crippen LogP contribution in [0.2, 0.25) is 0 Å². The summed E-state index contributed by atoms with van der Waals surface area (Å²) in [4.78, 5) is 17.4. The van der Waals surface area contributed by atoms with Gasteiger partial charge < -0.3 is 14.4 Å². The Hall–Kier alpha value is -6.44. The quantitative estimate of drug-likeness (QED) is 0.0424. The van der Waals surface area contributed by atoms with E-state index in [2.05, 4.69) is 125 Å². The largest absolute Gasteiger partial charge is 0.461 e. The maximum atomic E-state index is 15.0. The van der Waals surface area contributed by atoms with Crippen molar-refractivity contribution in [2.24, 2.45) is 0 Å². The highest BCUT2D eigenvalue weighted by Crippen LogP contribution is 2.46. The van der Waals surface area contributed by atoms with Crippen LogP contribution in [0.25, 0.3) is 28.2 Å². The molecule has 7 aromatic rings. The Kier molecular flexibility index (Phi) is 17.3. The zero-order valence-electron chi connectivity index (χ0n) is 46.0. The third-order valence-corrected chi connectivity index (χ3v) is 16.6. The van der Waals surface area contributed by atoms with Crippen molar-refractivity contribution in [3.8, 4) is 22.5 Å². The van der Waals surface area contributed by atoms with E-state index in [0.717, 1.165) is 71.4 Å². The van der Waals surface area contributed by atoms with Gasteiger partial charge in [0.1, 0.15) is 6.61 Å². The number of esters is 1. The molecule has 0 amide bonds. The van der Waals surface area contributed by atoms with Crippen LogP contribution < -0.4 is 15.0 Å². The summed E-state index contributed by atoms with van der Waals surface area (Å²) in [5.74, 6) is -0.114. The molecule has 5 aromatic carbocycles. The molecule has 2 aromatic heterocycles. The SMILES string of the molecule is CCCCCCCCOC(CCCC)C(C)(C)c1ccc(S(=O)(=O)Nc2ccccc2-c2nn3nccc3n2Nc2cc(C(C)(C)C)c(N(CC)CC)c(C(=O)OCC3c4ccccc4-c4ccccc43)c2C)cc1. The maximum absolute atomic E-state index is 15.0. The average Bonchev–Trinajstić information content (AvgIpc) is 4.10. The van der Waals surface area contributed by atoms with Crippen LogP contribution in [-0.2, 0) is 30.3 Å². The number of rotatable bonds is 25. The third kappa shape index (κ3) is 11.7. The molecule has 1 atom stereocenters. The van der Waals surface area contributed by atoms with Gasteiger partial charge in [-0.2, -0.15) is 5.10 Å². The molecule has 1 aliphatic carbocycles. The number of sulfonamides is 1.